The van der Waals surface area contributed by atoms with Gasteiger partial charge in [-0.25, -0.2) is 4.98 Å². The van der Waals surface area contributed by atoms with Crippen LogP contribution in [0.3, 0.4) is 0 Å². The third kappa shape index (κ3) is 6.80. The molecular weight excluding hydrogens is 704 g/mol. The van der Waals surface area contributed by atoms with Crippen LogP contribution in [0.15, 0.2) is 80.3 Å². The molecule has 0 bridgehead atoms. The van der Waals surface area contributed by atoms with Gasteiger partial charge in [0.1, 0.15) is 16.8 Å². The Labute approximate surface area is 290 Å². The van der Waals surface area contributed by atoms with Crippen molar-refractivity contribution in [1.82, 2.24) is 25.4 Å². The highest BCUT2D eigenvalue weighted by Gasteiger charge is 2.58. The fourth-order valence-corrected chi connectivity index (χ4v) is 10.2. The minimum absolute atomic E-state index is 0.116. The molecule has 2 unspecified atom stereocenters. The van der Waals surface area contributed by atoms with Crippen molar-refractivity contribution in [2.24, 2.45) is 5.41 Å². The van der Waals surface area contributed by atoms with E-state index in [1.807, 2.05) is 66.9 Å². The van der Waals surface area contributed by atoms with Crippen LogP contribution in [-0.4, -0.2) is 73.6 Å². The summed E-state index contributed by atoms with van der Waals surface area (Å²) in [4.78, 5) is 46.7. The second-order valence-corrected chi connectivity index (χ2v) is 15.9. The molecule has 2 aliphatic rings. The van der Waals surface area contributed by atoms with Crippen LogP contribution in [0.5, 0.6) is 0 Å². The number of thioether (sulfide) groups is 3. The van der Waals surface area contributed by atoms with Crippen LogP contribution in [-0.2, 0) is 19.1 Å². The average molecular weight is 731 g/mol. The number of hydrogen-bond acceptors (Lipinski definition) is 13. The first-order valence-corrected chi connectivity index (χ1v) is 19.3. The van der Waals surface area contributed by atoms with Crippen LogP contribution >= 0.6 is 69.6 Å². The number of halogens is 1. The summed E-state index contributed by atoms with van der Waals surface area (Å²) in [5.74, 6) is -0.532. The van der Waals surface area contributed by atoms with Crippen molar-refractivity contribution in [3.63, 3.8) is 0 Å². The van der Waals surface area contributed by atoms with E-state index in [1.54, 1.807) is 10.3 Å². The molecule has 2 fully saturated rings. The van der Waals surface area contributed by atoms with Gasteiger partial charge in [0, 0.05) is 29.0 Å². The first kappa shape index (κ1) is 32.8. The van der Waals surface area contributed by atoms with Gasteiger partial charge in [-0.05, 0) is 17.4 Å². The number of nitrogens with two attached hydrogens (primary N) is 1. The highest BCUT2D eigenvalue weighted by atomic mass is 35.5. The van der Waals surface area contributed by atoms with Crippen LogP contribution in [0.1, 0.15) is 22.9 Å². The summed E-state index contributed by atoms with van der Waals surface area (Å²) in [6, 6.07) is 18.4. The normalized spacial score (nSPS) is 21.1. The van der Waals surface area contributed by atoms with Crippen LogP contribution < -0.4 is 11.1 Å². The van der Waals surface area contributed by atoms with Gasteiger partial charge in [-0.15, -0.1) is 33.3 Å². The SMILES string of the molecule is CSc1nnc(SCC2(C(=O)OC(c3ccccc3)c3ccccc3)CS[C@@H]3C(NC(=O)C(=CCl)c4csc(N)n4)C(=O)N3C2)s1. The molecule has 46 heavy (non-hydrogen) atoms. The third-order valence-electron chi connectivity index (χ3n) is 7.48. The van der Waals surface area contributed by atoms with E-state index in [-0.39, 0.29) is 23.4 Å². The summed E-state index contributed by atoms with van der Waals surface area (Å²) in [6.45, 7) is 0.132. The first-order chi connectivity index (χ1) is 22.3. The highest BCUT2D eigenvalue weighted by Crippen LogP contribution is 2.46. The van der Waals surface area contributed by atoms with Gasteiger partial charge in [-0.1, -0.05) is 107 Å². The number of β-lactam (4-membered cyclic amide) rings is 1. The molecule has 0 radical (unpaired) electrons. The Bertz CT molecular complexity index is 1720. The standard InChI is InChI=1S/C30H27ClN6O4S5/c1-42-28-35-36-29(46-28)45-16-30(26(40)41-22(17-8-4-2-5-9-17)18-10-6-3-7-11-18)14-37-24(39)21(25(37)44-15-30)34-23(38)19(12-31)20-13-43-27(32)33-20/h2-13,21-22,25H,14-16H2,1H3,(H2,32,33)(H,34,38)/t21?,25-,30?/m1/s1. The number of ether oxygens (including phenoxy) is 1. The second-order valence-electron chi connectivity index (χ2n) is 10.4. The van der Waals surface area contributed by atoms with Gasteiger partial charge in [0.05, 0.1) is 11.3 Å². The van der Waals surface area contributed by atoms with Crippen LogP contribution in [0, 0.1) is 5.41 Å². The molecule has 0 saturated carbocycles. The Kier molecular flexibility index (Phi) is 10.3. The number of nitrogens with one attached hydrogen (secondary N) is 1. The number of carbonyl (C=O) groups is 3. The largest absolute Gasteiger partial charge is 0.452 e. The lowest BCUT2D eigenvalue weighted by Gasteiger charge is -2.54. The molecule has 10 nitrogen and oxygen atoms in total. The van der Waals surface area contributed by atoms with Crippen molar-refractivity contribution in [3.05, 3.63) is 88.4 Å². The van der Waals surface area contributed by atoms with Crippen molar-refractivity contribution in [3.8, 4) is 0 Å². The van der Waals surface area contributed by atoms with Crippen molar-refractivity contribution >= 4 is 98.0 Å². The summed E-state index contributed by atoms with van der Waals surface area (Å²) in [5, 5.41) is 12.8. The number of carbonyl (C=O) groups excluding carboxylic acids is 3. The van der Waals surface area contributed by atoms with E-state index < -0.39 is 29.4 Å². The van der Waals surface area contributed by atoms with Crippen molar-refractivity contribution in [2.75, 3.05) is 30.0 Å². The number of amides is 2. The Morgan fingerprint density at radius 1 is 1.15 bits per heavy atom. The zero-order valence-corrected chi connectivity index (χ0v) is 29.0. The molecule has 2 amide bonds. The maximum absolute atomic E-state index is 14.4. The monoisotopic (exact) mass is 730 g/mol. The molecule has 16 heteroatoms. The van der Waals surface area contributed by atoms with Crippen molar-refractivity contribution in [1.29, 1.82) is 0 Å². The molecular formula is C30H27ClN6O4S5. The molecule has 4 aromatic rings. The Morgan fingerprint density at radius 2 is 1.83 bits per heavy atom. The number of nitrogens with zero attached hydrogens (tertiary/aromatic N) is 4. The first-order valence-electron chi connectivity index (χ1n) is 13.9. The van der Waals surface area contributed by atoms with Crippen molar-refractivity contribution < 1.29 is 19.1 Å². The Hall–Kier alpha value is -3.08. The number of hydrogen-bond donors (Lipinski definition) is 2. The molecule has 0 aliphatic carbocycles. The molecule has 2 aromatic heterocycles. The summed E-state index contributed by atoms with van der Waals surface area (Å²) in [7, 11) is 0. The summed E-state index contributed by atoms with van der Waals surface area (Å²) in [6.07, 6.45) is 1.30. The van der Waals surface area contributed by atoms with Crippen LogP contribution in [0.4, 0.5) is 5.13 Å². The average Bonchev–Trinajstić information content (AvgIpc) is 3.74. The Balaban J connectivity index is 1.23. The molecule has 0 spiro atoms. The zero-order chi connectivity index (χ0) is 32.3. The van der Waals surface area contributed by atoms with E-state index in [1.165, 1.54) is 58.0 Å². The van der Waals surface area contributed by atoms with E-state index in [4.69, 9.17) is 22.1 Å². The number of fused-ring (bicyclic) bond motifs is 1. The number of nitrogen functional groups attached to an aromatic ring is 1. The molecule has 2 aliphatic heterocycles. The highest BCUT2D eigenvalue weighted by molar-refractivity contribution is 8.03. The van der Waals surface area contributed by atoms with Gasteiger partial charge < -0.3 is 20.7 Å². The van der Waals surface area contributed by atoms with Crippen molar-refractivity contribution in [2.45, 2.75) is 26.2 Å². The number of benzene rings is 2. The topological polar surface area (TPSA) is 140 Å². The fourth-order valence-electron chi connectivity index (χ4n) is 5.10. The molecule has 6 rings (SSSR count). The van der Waals surface area contributed by atoms with Gasteiger partial charge in [0.15, 0.2) is 19.9 Å². The number of thiazole rings is 1. The predicted molar refractivity (Wildman–Crippen MR) is 186 cm³/mol. The Morgan fingerprint density at radius 3 is 2.41 bits per heavy atom. The van der Waals surface area contributed by atoms with Crippen LogP contribution in [0.2, 0.25) is 0 Å². The van der Waals surface area contributed by atoms with E-state index in [0.717, 1.165) is 25.3 Å². The van der Waals surface area contributed by atoms with E-state index in [9.17, 15) is 14.4 Å². The number of aromatic nitrogens is 3. The molecule has 238 valence electrons. The minimum atomic E-state index is -1.05. The molecule has 2 saturated heterocycles. The van der Waals surface area contributed by atoms with Gasteiger partial charge in [-0.2, -0.15) is 0 Å². The summed E-state index contributed by atoms with van der Waals surface area (Å²) >= 11 is 13.0. The van der Waals surface area contributed by atoms with Gasteiger partial charge in [0.25, 0.3) is 5.91 Å². The number of anilines is 1. The fraction of sp³-hybridized carbons (Fsp3) is 0.267. The van der Waals surface area contributed by atoms with Gasteiger partial charge in [0.2, 0.25) is 5.91 Å². The lowest BCUT2D eigenvalue weighted by atomic mass is 9.88. The predicted octanol–water partition coefficient (Wildman–Crippen LogP) is 5.39. The minimum Gasteiger partial charge on any atom is -0.452 e. The third-order valence-corrected chi connectivity index (χ3v) is 13.3. The quantitative estimate of drug-likeness (QED) is 0.0889. The molecule has 3 atom stereocenters. The maximum Gasteiger partial charge on any atom is 0.316 e. The maximum atomic E-state index is 14.4. The van der Waals surface area contributed by atoms with E-state index >= 15 is 0 Å². The van der Waals surface area contributed by atoms with Crippen LogP contribution in [0.25, 0.3) is 5.57 Å². The lowest BCUT2D eigenvalue weighted by Crippen LogP contribution is -2.74. The summed E-state index contributed by atoms with van der Waals surface area (Å²) in [5.41, 5.74) is 7.94. The smallest absolute Gasteiger partial charge is 0.316 e. The number of esters is 1. The number of rotatable bonds is 11. The molecule has 3 N–H and O–H groups in total. The zero-order valence-electron chi connectivity index (χ0n) is 24.2. The summed E-state index contributed by atoms with van der Waals surface area (Å²) < 4.78 is 7.92. The van der Waals surface area contributed by atoms with Gasteiger partial charge >= 0.3 is 5.97 Å². The van der Waals surface area contributed by atoms with E-state index in [2.05, 4.69) is 20.5 Å². The van der Waals surface area contributed by atoms with Gasteiger partial charge in [-0.3, -0.25) is 14.4 Å². The second kappa shape index (κ2) is 14.4. The molecule has 2 aromatic carbocycles. The van der Waals surface area contributed by atoms with E-state index in [0.29, 0.717) is 22.3 Å². The molecule has 4 heterocycles. The lowest BCUT2D eigenvalue weighted by molar-refractivity contribution is -0.164.